The Morgan fingerprint density at radius 1 is 1.10 bits per heavy atom. The molecule has 0 radical (unpaired) electrons. The smallest absolute Gasteiger partial charge is 0.227 e. The van der Waals surface area contributed by atoms with Gasteiger partial charge in [0.2, 0.25) is 5.88 Å². The van der Waals surface area contributed by atoms with E-state index in [9.17, 15) is 0 Å². The summed E-state index contributed by atoms with van der Waals surface area (Å²) in [6, 6.07) is 5.03. The Bertz CT molecular complexity index is 681. The van der Waals surface area contributed by atoms with E-state index >= 15 is 0 Å². The van der Waals surface area contributed by atoms with Gasteiger partial charge >= 0.3 is 0 Å². The lowest BCUT2D eigenvalue weighted by atomic mass is 9.95. The predicted octanol–water partition coefficient (Wildman–Crippen LogP) is 4.76. The van der Waals surface area contributed by atoms with E-state index in [0.717, 1.165) is 0 Å². The second kappa shape index (κ2) is 5.70. The topological polar surface area (TPSA) is 61.0 Å². The fraction of sp³-hybridized carbons (Fsp3) is 0.333. The minimum absolute atomic E-state index is 0.225. The number of nitrogens with two attached hydrogens (primary N) is 1. The first kappa shape index (κ1) is 15.9. The molecule has 6 heteroatoms. The fourth-order valence-corrected chi connectivity index (χ4v) is 1.89. The normalized spacial score (nSPS) is 11.5. The van der Waals surface area contributed by atoms with Crippen LogP contribution in [0.1, 0.15) is 32.2 Å². The number of hydrogen-bond donors (Lipinski definition) is 1. The van der Waals surface area contributed by atoms with Crippen molar-refractivity contribution < 1.29 is 4.74 Å². The predicted molar refractivity (Wildman–Crippen MR) is 86.4 cm³/mol. The Labute approximate surface area is 134 Å². The number of aromatic nitrogens is 2. The third-order valence-corrected chi connectivity index (χ3v) is 3.65. The number of anilines is 1. The molecule has 0 atom stereocenters. The first-order valence-corrected chi connectivity index (χ1v) is 7.21. The number of benzene rings is 1. The number of halogens is 2. The third kappa shape index (κ3) is 3.57. The zero-order valence-corrected chi connectivity index (χ0v) is 13.9. The van der Waals surface area contributed by atoms with Gasteiger partial charge in [0, 0.05) is 11.5 Å². The van der Waals surface area contributed by atoms with Crippen LogP contribution in [0.15, 0.2) is 18.2 Å². The van der Waals surface area contributed by atoms with Gasteiger partial charge in [0.25, 0.3) is 0 Å². The molecule has 2 aromatic rings. The van der Waals surface area contributed by atoms with Crippen molar-refractivity contribution in [3.8, 4) is 11.6 Å². The van der Waals surface area contributed by atoms with Crippen LogP contribution >= 0.6 is 23.2 Å². The van der Waals surface area contributed by atoms with Crippen LogP contribution in [0.2, 0.25) is 10.0 Å². The summed E-state index contributed by atoms with van der Waals surface area (Å²) in [4.78, 5) is 8.78. The Morgan fingerprint density at radius 3 is 2.33 bits per heavy atom. The molecular weight excluding hydrogens is 309 g/mol. The average molecular weight is 326 g/mol. The molecule has 2 N–H and O–H groups in total. The molecule has 0 unspecified atom stereocenters. The van der Waals surface area contributed by atoms with Crippen molar-refractivity contribution in [2.75, 3.05) is 5.73 Å². The van der Waals surface area contributed by atoms with E-state index < -0.39 is 0 Å². The largest absolute Gasteiger partial charge is 0.438 e. The molecule has 4 nitrogen and oxygen atoms in total. The summed E-state index contributed by atoms with van der Waals surface area (Å²) in [6.45, 7) is 7.86. The van der Waals surface area contributed by atoms with Crippen LogP contribution in [-0.4, -0.2) is 9.97 Å². The fourth-order valence-electron chi connectivity index (χ4n) is 1.60. The third-order valence-electron chi connectivity index (χ3n) is 2.92. The molecule has 1 aromatic carbocycles. The Morgan fingerprint density at radius 2 is 1.76 bits per heavy atom. The number of nitrogens with zero attached hydrogens (tertiary/aromatic N) is 2. The molecule has 0 aliphatic rings. The van der Waals surface area contributed by atoms with E-state index in [2.05, 4.69) is 9.97 Å². The highest BCUT2D eigenvalue weighted by Gasteiger charge is 2.21. The van der Waals surface area contributed by atoms with Crippen LogP contribution in [-0.2, 0) is 5.41 Å². The first-order valence-electron chi connectivity index (χ1n) is 6.46. The molecule has 112 valence electrons. The molecule has 0 amide bonds. The minimum Gasteiger partial charge on any atom is -0.438 e. The molecule has 2 rings (SSSR count). The molecular formula is C15H17Cl2N3O. The monoisotopic (exact) mass is 325 g/mol. The van der Waals surface area contributed by atoms with Crippen LogP contribution < -0.4 is 10.5 Å². The first-order chi connectivity index (χ1) is 9.68. The SMILES string of the molecule is Cc1c(N)nc(C(C)(C)C)nc1Oc1ccc(Cl)c(Cl)c1. The number of rotatable bonds is 2. The molecule has 1 aromatic heterocycles. The quantitative estimate of drug-likeness (QED) is 0.864. The van der Waals surface area contributed by atoms with E-state index in [1.807, 2.05) is 27.7 Å². The second-order valence-corrected chi connectivity index (χ2v) is 6.60. The van der Waals surface area contributed by atoms with E-state index in [0.29, 0.717) is 38.9 Å². The summed E-state index contributed by atoms with van der Waals surface area (Å²) < 4.78 is 5.79. The van der Waals surface area contributed by atoms with Gasteiger partial charge in [0.15, 0.2) is 0 Å². The molecule has 0 aliphatic carbocycles. The van der Waals surface area contributed by atoms with Gasteiger partial charge in [0.1, 0.15) is 17.4 Å². The van der Waals surface area contributed by atoms with Crippen molar-refractivity contribution >= 4 is 29.0 Å². The van der Waals surface area contributed by atoms with Gasteiger partial charge in [-0.2, -0.15) is 4.98 Å². The molecule has 0 fully saturated rings. The van der Waals surface area contributed by atoms with E-state index in [4.69, 9.17) is 33.7 Å². The van der Waals surface area contributed by atoms with Crippen molar-refractivity contribution in [1.29, 1.82) is 0 Å². The van der Waals surface area contributed by atoms with Crippen molar-refractivity contribution in [1.82, 2.24) is 9.97 Å². The van der Waals surface area contributed by atoms with Gasteiger partial charge in [-0.1, -0.05) is 44.0 Å². The Balaban J connectivity index is 2.43. The molecule has 1 heterocycles. The van der Waals surface area contributed by atoms with Crippen molar-refractivity contribution in [2.24, 2.45) is 0 Å². The van der Waals surface area contributed by atoms with Crippen molar-refractivity contribution in [3.63, 3.8) is 0 Å². The van der Waals surface area contributed by atoms with Gasteiger partial charge in [-0.3, -0.25) is 0 Å². The highest BCUT2D eigenvalue weighted by Crippen LogP contribution is 2.32. The molecule has 0 aliphatic heterocycles. The summed E-state index contributed by atoms with van der Waals surface area (Å²) in [5, 5.41) is 0.892. The molecule has 21 heavy (non-hydrogen) atoms. The molecule has 0 spiro atoms. The lowest BCUT2D eigenvalue weighted by molar-refractivity contribution is 0.443. The highest BCUT2D eigenvalue weighted by atomic mass is 35.5. The van der Waals surface area contributed by atoms with E-state index in [1.54, 1.807) is 18.2 Å². The summed E-state index contributed by atoms with van der Waals surface area (Å²) in [5.41, 5.74) is 6.41. The van der Waals surface area contributed by atoms with Crippen LogP contribution in [0.4, 0.5) is 5.82 Å². The lowest BCUT2D eigenvalue weighted by Gasteiger charge is -2.19. The van der Waals surface area contributed by atoms with Gasteiger partial charge < -0.3 is 10.5 Å². The standard InChI is InChI=1S/C15H17Cl2N3O/c1-8-12(18)19-14(15(2,3)4)20-13(8)21-9-5-6-10(16)11(17)7-9/h5-7H,1-4H3,(H2,18,19,20). The molecule has 0 saturated heterocycles. The van der Waals surface area contributed by atoms with Crippen LogP contribution in [0.5, 0.6) is 11.6 Å². The van der Waals surface area contributed by atoms with Gasteiger partial charge in [0.05, 0.1) is 15.6 Å². The Hall–Kier alpha value is -1.52. The van der Waals surface area contributed by atoms with Gasteiger partial charge in [-0.15, -0.1) is 0 Å². The van der Waals surface area contributed by atoms with Crippen LogP contribution in [0.3, 0.4) is 0 Å². The lowest BCUT2D eigenvalue weighted by Crippen LogP contribution is -2.18. The summed E-state index contributed by atoms with van der Waals surface area (Å²) in [7, 11) is 0. The summed E-state index contributed by atoms with van der Waals surface area (Å²) in [5.74, 6) is 2.00. The summed E-state index contributed by atoms with van der Waals surface area (Å²) >= 11 is 11.9. The molecule has 0 saturated carbocycles. The Kier molecular flexibility index (Phi) is 4.30. The number of ether oxygens (including phenoxy) is 1. The van der Waals surface area contributed by atoms with Gasteiger partial charge in [-0.05, 0) is 19.1 Å². The number of hydrogen-bond acceptors (Lipinski definition) is 4. The number of nitrogen functional groups attached to an aromatic ring is 1. The minimum atomic E-state index is -0.225. The average Bonchev–Trinajstić information content (AvgIpc) is 2.38. The maximum atomic E-state index is 5.99. The van der Waals surface area contributed by atoms with E-state index in [-0.39, 0.29) is 5.41 Å². The van der Waals surface area contributed by atoms with E-state index in [1.165, 1.54) is 0 Å². The molecule has 0 bridgehead atoms. The maximum Gasteiger partial charge on any atom is 0.227 e. The van der Waals surface area contributed by atoms with Crippen LogP contribution in [0.25, 0.3) is 0 Å². The second-order valence-electron chi connectivity index (χ2n) is 5.79. The zero-order chi connectivity index (χ0) is 15.8. The van der Waals surface area contributed by atoms with Gasteiger partial charge in [-0.25, -0.2) is 4.98 Å². The zero-order valence-electron chi connectivity index (χ0n) is 12.4. The van der Waals surface area contributed by atoms with Crippen molar-refractivity contribution in [2.45, 2.75) is 33.1 Å². The van der Waals surface area contributed by atoms with Crippen LogP contribution in [0, 0.1) is 6.92 Å². The highest BCUT2D eigenvalue weighted by molar-refractivity contribution is 6.42. The summed E-state index contributed by atoms with van der Waals surface area (Å²) in [6.07, 6.45) is 0. The maximum absolute atomic E-state index is 5.99. The van der Waals surface area contributed by atoms with Crippen molar-refractivity contribution in [3.05, 3.63) is 39.6 Å².